The Balaban J connectivity index is 0.00000134. The molecule has 1 saturated heterocycles. The predicted molar refractivity (Wildman–Crippen MR) is 174 cm³/mol. The van der Waals surface area contributed by atoms with Crippen molar-refractivity contribution >= 4 is 33.8 Å². The van der Waals surface area contributed by atoms with Crippen LogP contribution in [0.4, 0.5) is 17.3 Å². The Kier molecular flexibility index (Phi) is 10.3. The number of carboxylic acid groups (broad SMARTS) is 1. The van der Waals surface area contributed by atoms with E-state index in [-0.39, 0.29) is 11.7 Å². The van der Waals surface area contributed by atoms with Gasteiger partial charge >= 0.3 is 0 Å². The molecule has 14 nitrogen and oxygen atoms in total. The number of hydrogen-bond acceptors (Lipinski definition) is 11. The molecule has 0 radical (unpaired) electrons. The maximum Gasteiger partial charge on any atom is 0.290 e. The highest BCUT2D eigenvalue weighted by Gasteiger charge is 2.37. The van der Waals surface area contributed by atoms with Gasteiger partial charge in [-0.15, -0.1) is 0 Å². The average Bonchev–Trinajstić information content (AvgIpc) is 3.65. The van der Waals surface area contributed by atoms with Gasteiger partial charge in [0.2, 0.25) is 0 Å². The Morgan fingerprint density at radius 1 is 1.04 bits per heavy atom. The third-order valence-corrected chi connectivity index (χ3v) is 9.84. The molecule has 4 aromatic rings. The van der Waals surface area contributed by atoms with Crippen LogP contribution in [0.2, 0.25) is 0 Å². The maximum atomic E-state index is 12.6. The number of anilines is 3. The Hall–Kier alpha value is -4.81. The summed E-state index contributed by atoms with van der Waals surface area (Å²) in [6.45, 7) is 2.76. The van der Waals surface area contributed by atoms with Gasteiger partial charge in [-0.25, -0.2) is 23.4 Å². The van der Waals surface area contributed by atoms with E-state index in [4.69, 9.17) is 9.90 Å². The monoisotopic (exact) mass is 646 g/mol. The second-order valence-corrected chi connectivity index (χ2v) is 13.7. The van der Waals surface area contributed by atoms with E-state index >= 15 is 0 Å². The summed E-state index contributed by atoms with van der Waals surface area (Å²) in [7, 11) is 2.67. The molecule has 1 aliphatic heterocycles. The van der Waals surface area contributed by atoms with Crippen LogP contribution >= 0.6 is 0 Å². The Labute approximate surface area is 268 Å². The fourth-order valence-corrected chi connectivity index (χ4v) is 6.65. The second kappa shape index (κ2) is 14.5. The van der Waals surface area contributed by atoms with E-state index in [0.29, 0.717) is 41.8 Å². The largest absolute Gasteiger partial charge is 0.483 e. The minimum atomic E-state index is -3.46. The molecule has 0 atom stereocenters. The minimum Gasteiger partial charge on any atom is -0.483 e. The summed E-state index contributed by atoms with van der Waals surface area (Å²) in [6.07, 6.45) is 14.8. The summed E-state index contributed by atoms with van der Waals surface area (Å²) in [4.78, 5) is 26.6. The van der Waals surface area contributed by atoms with Gasteiger partial charge in [-0.1, -0.05) is 11.8 Å². The van der Waals surface area contributed by atoms with Crippen LogP contribution < -0.4 is 10.2 Å². The lowest BCUT2D eigenvalue weighted by atomic mass is 9.93. The van der Waals surface area contributed by atoms with E-state index in [1.807, 2.05) is 19.3 Å². The number of aromatic nitrogens is 7. The number of nitrogens with one attached hydrogen (secondary N) is 1. The first-order chi connectivity index (χ1) is 22.2. The summed E-state index contributed by atoms with van der Waals surface area (Å²) in [5.41, 5.74) is 3.26. The van der Waals surface area contributed by atoms with Crippen LogP contribution in [0, 0.1) is 17.8 Å². The molecule has 0 aromatic carbocycles. The van der Waals surface area contributed by atoms with Crippen molar-refractivity contribution in [3.63, 3.8) is 0 Å². The number of nitrogens with zero attached hydrogens (tertiary/aromatic N) is 9. The first-order valence-corrected chi connectivity index (χ1v) is 16.5. The predicted octanol–water partition coefficient (Wildman–Crippen LogP) is 2.82. The van der Waals surface area contributed by atoms with Crippen LogP contribution in [0.5, 0.6) is 0 Å². The quantitative estimate of drug-likeness (QED) is 0.202. The van der Waals surface area contributed by atoms with Gasteiger partial charge < -0.3 is 20.2 Å². The highest BCUT2D eigenvalue weighted by molar-refractivity contribution is 7.90. The van der Waals surface area contributed by atoms with Crippen LogP contribution in [-0.2, 0) is 21.9 Å². The van der Waals surface area contributed by atoms with Crippen LogP contribution in [0.25, 0.3) is 11.4 Å². The molecule has 0 unspecified atom stereocenters. The van der Waals surface area contributed by atoms with Crippen LogP contribution in [0.1, 0.15) is 43.2 Å². The molecule has 242 valence electrons. The standard InChI is InChI=1S/C30H36N10O2S.CH2O2/c1-37(2)13-9-22-10-14-39(15-11-22)27-16-29(32-18-24(27)5-4-23-17-33-38(3)20-23)35-28-8-12-31-30(36-28)25-19-34-40(21-25)43(41,42)26-6-7-26;2-1-3/h8,12,16-22,26H,6-7,9-11,13-15H2,1-3H3,(H,31,32,35,36);1H,(H,2,3). The first-order valence-electron chi connectivity index (χ1n) is 15.0. The number of aryl methyl sites for hydroxylation is 1. The molecule has 0 bridgehead atoms. The molecule has 6 rings (SSSR count). The van der Waals surface area contributed by atoms with E-state index in [9.17, 15) is 8.42 Å². The molecule has 2 fully saturated rings. The molecule has 0 amide bonds. The molecular formula is C31H38N10O4S. The number of rotatable bonds is 9. The van der Waals surface area contributed by atoms with Gasteiger partial charge in [-0.3, -0.25) is 9.48 Å². The fourth-order valence-electron chi connectivity index (χ4n) is 5.18. The zero-order valence-electron chi connectivity index (χ0n) is 26.1. The SMILES string of the molecule is CN(C)CCC1CCN(c2cc(Nc3ccnc(-c4cnn(S(=O)(=O)C5CC5)c4)n3)ncc2C#Cc2cnn(C)c2)CC1.O=CO. The molecule has 1 saturated carbocycles. The summed E-state index contributed by atoms with van der Waals surface area (Å²) in [5, 5.41) is 18.1. The van der Waals surface area contributed by atoms with Crippen molar-refractivity contribution in [1.29, 1.82) is 0 Å². The van der Waals surface area contributed by atoms with Crippen LogP contribution in [-0.4, -0.2) is 97.8 Å². The number of hydrogen-bond donors (Lipinski definition) is 2. The van der Waals surface area contributed by atoms with E-state index in [1.54, 1.807) is 29.3 Å². The second-order valence-electron chi connectivity index (χ2n) is 11.6. The zero-order chi connectivity index (χ0) is 32.7. The van der Waals surface area contributed by atoms with Crippen molar-refractivity contribution in [2.45, 2.75) is 37.4 Å². The normalized spacial score (nSPS) is 15.1. The molecule has 15 heteroatoms. The minimum absolute atomic E-state index is 0.250. The average molecular weight is 647 g/mol. The molecule has 46 heavy (non-hydrogen) atoms. The molecule has 5 heterocycles. The van der Waals surface area contributed by atoms with Crippen LogP contribution in [0.15, 0.2) is 49.3 Å². The van der Waals surface area contributed by atoms with Crippen molar-refractivity contribution < 1.29 is 18.3 Å². The molecule has 4 aromatic heterocycles. The molecular weight excluding hydrogens is 608 g/mol. The lowest BCUT2D eigenvalue weighted by Gasteiger charge is -2.34. The van der Waals surface area contributed by atoms with Crippen molar-refractivity contribution in [1.82, 2.24) is 38.8 Å². The number of piperidine rings is 1. The lowest BCUT2D eigenvalue weighted by Crippen LogP contribution is -2.35. The highest BCUT2D eigenvalue weighted by atomic mass is 32.2. The fraction of sp³-hybridized carbons (Fsp3) is 0.419. The van der Waals surface area contributed by atoms with E-state index in [1.165, 1.54) is 18.8 Å². The van der Waals surface area contributed by atoms with Gasteiger partial charge in [0.1, 0.15) is 11.6 Å². The van der Waals surface area contributed by atoms with E-state index in [2.05, 4.69) is 66.2 Å². The van der Waals surface area contributed by atoms with Gasteiger partial charge in [0.25, 0.3) is 16.5 Å². The van der Waals surface area contributed by atoms with Crippen molar-refractivity contribution in [2.24, 2.45) is 13.0 Å². The highest BCUT2D eigenvalue weighted by Crippen LogP contribution is 2.31. The van der Waals surface area contributed by atoms with Gasteiger partial charge in [0.15, 0.2) is 5.82 Å². The van der Waals surface area contributed by atoms with Gasteiger partial charge in [0, 0.05) is 44.8 Å². The van der Waals surface area contributed by atoms with Gasteiger partial charge in [-0.2, -0.15) is 14.3 Å². The third-order valence-electron chi connectivity index (χ3n) is 7.80. The number of carbonyl (C=O) groups is 1. The third kappa shape index (κ3) is 8.26. The molecule has 0 spiro atoms. The first kappa shape index (κ1) is 32.6. The van der Waals surface area contributed by atoms with Crippen molar-refractivity contribution in [2.75, 3.05) is 43.9 Å². The summed E-state index contributed by atoms with van der Waals surface area (Å²) in [6, 6.07) is 3.78. The summed E-state index contributed by atoms with van der Waals surface area (Å²) >= 11 is 0. The van der Waals surface area contributed by atoms with E-state index in [0.717, 1.165) is 53.4 Å². The van der Waals surface area contributed by atoms with Crippen LogP contribution in [0.3, 0.4) is 0 Å². The Bertz CT molecular complexity index is 1810. The zero-order valence-corrected chi connectivity index (χ0v) is 26.9. The molecule has 1 aliphatic carbocycles. The number of pyridine rings is 1. The van der Waals surface area contributed by atoms with Gasteiger partial charge in [0.05, 0.1) is 46.2 Å². The van der Waals surface area contributed by atoms with E-state index < -0.39 is 10.0 Å². The maximum absolute atomic E-state index is 12.6. The smallest absolute Gasteiger partial charge is 0.290 e. The van der Waals surface area contributed by atoms with Gasteiger partial charge in [-0.05, 0) is 64.7 Å². The molecule has 2 aliphatic rings. The molecule has 2 N–H and O–H groups in total. The summed E-state index contributed by atoms with van der Waals surface area (Å²) in [5.74, 6) is 8.80. The lowest BCUT2D eigenvalue weighted by molar-refractivity contribution is -0.122. The Morgan fingerprint density at radius 3 is 2.48 bits per heavy atom. The van der Waals surface area contributed by atoms with Crippen molar-refractivity contribution in [3.05, 3.63) is 60.4 Å². The Morgan fingerprint density at radius 2 is 1.80 bits per heavy atom. The van der Waals surface area contributed by atoms with Crippen molar-refractivity contribution in [3.8, 4) is 23.2 Å². The summed E-state index contributed by atoms with van der Waals surface area (Å²) < 4.78 is 27.9. The topological polar surface area (TPSA) is 164 Å².